The fourth-order valence-corrected chi connectivity index (χ4v) is 2.42. The lowest BCUT2D eigenvalue weighted by Gasteiger charge is -2.06. The number of nitriles is 1. The summed E-state index contributed by atoms with van der Waals surface area (Å²) in [5, 5.41) is 8.60. The van der Waals surface area contributed by atoms with Gasteiger partial charge in [0.05, 0.1) is 12.5 Å². The van der Waals surface area contributed by atoms with Gasteiger partial charge in [-0.05, 0) is 31.9 Å². The van der Waals surface area contributed by atoms with Gasteiger partial charge >= 0.3 is 0 Å². The molecule has 2 aromatic rings. The van der Waals surface area contributed by atoms with Crippen molar-refractivity contribution in [2.45, 2.75) is 33.7 Å². The lowest BCUT2D eigenvalue weighted by Crippen LogP contribution is -2.30. The molecule has 0 aliphatic carbocycles. The molecule has 1 aromatic heterocycles. The van der Waals surface area contributed by atoms with Gasteiger partial charge in [-0.15, -0.1) is 0 Å². The third kappa shape index (κ3) is 2.43. The minimum Gasteiger partial charge on any atom is -0.235 e. The van der Waals surface area contributed by atoms with Crippen molar-refractivity contribution in [3.63, 3.8) is 0 Å². The summed E-state index contributed by atoms with van der Waals surface area (Å²) in [6, 6.07) is 6.56. The van der Waals surface area contributed by atoms with Crippen LogP contribution in [-0.4, -0.2) is 4.57 Å². The Bertz CT molecular complexity index is 579. The number of aromatic nitrogens is 2. The summed E-state index contributed by atoms with van der Waals surface area (Å²) in [6.45, 7) is 7.13. The molecule has 0 saturated heterocycles. The summed E-state index contributed by atoms with van der Waals surface area (Å²) in [5.41, 5.74) is 5.07. The van der Waals surface area contributed by atoms with Gasteiger partial charge in [-0.2, -0.15) is 5.26 Å². The van der Waals surface area contributed by atoms with Crippen LogP contribution in [0.1, 0.15) is 23.1 Å². The second kappa shape index (κ2) is 5.05. The molecule has 0 atom stereocenters. The molecule has 0 fully saturated rings. The Morgan fingerprint density at radius 3 is 2.50 bits per heavy atom. The van der Waals surface area contributed by atoms with Crippen LogP contribution in [0.5, 0.6) is 0 Å². The third-order valence-corrected chi connectivity index (χ3v) is 3.07. The number of nitrogens with zero attached hydrogens (tertiary/aromatic N) is 3. The van der Waals surface area contributed by atoms with Crippen molar-refractivity contribution in [1.82, 2.24) is 4.57 Å². The molecule has 0 radical (unpaired) electrons. The van der Waals surface area contributed by atoms with Crippen LogP contribution >= 0.6 is 0 Å². The second-order valence-corrected chi connectivity index (χ2v) is 4.71. The van der Waals surface area contributed by atoms with Crippen molar-refractivity contribution in [3.05, 3.63) is 47.5 Å². The Hall–Kier alpha value is -2.08. The van der Waals surface area contributed by atoms with E-state index in [2.05, 4.69) is 43.5 Å². The molecule has 92 valence electrons. The van der Waals surface area contributed by atoms with Crippen molar-refractivity contribution in [1.29, 1.82) is 5.26 Å². The van der Waals surface area contributed by atoms with Crippen LogP contribution in [0.3, 0.4) is 0 Å². The van der Waals surface area contributed by atoms with Gasteiger partial charge in [0.1, 0.15) is 24.6 Å². The van der Waals surface area contributed by atoms with E-state index in [9.17, 15) is 0 Å². The Labute approximate surface area is 108 Å². The van der Waals surface area contributed by atoms with Crippen LogP contribution in [0, 0.1) is 32.1 Å². The summed E-state index contributed by atoms with van der Waals surface area (Å²) in [4.78, 5) is 0. The van der Waals surface area contributed by atoms with Gasteiger partial charge in [0, 0.05) is 0 Å². The maximum absolute atomic E-state index is 8.60. The van der Waals surface area contributed by atoms with E-state index in [1.54, 1.807) is 0 Å². The smallest absolute Gasteiger partial charge is 0.235 e. The average molecular weight is 240 g/mol. The normalized spacial score (nSPS) is 10.3. The molecule has 0 unspecified atom stereocenters. The van der Waals surface area contributed by atoms with Crippen molar-refractivity contribution in [3.8, 4) is 11.8 Å². The molecule has 0 aliphatic rings. The van der Waals surface area contributed by atoms with Crippen LogP contribution < -0.4 is 4.57 Å². The molecule has 18 heavy (non-hydrogen) atoms. The van der Waals surface area contributed by atoms with Crippen LogP contribution in [0.15, 0.2) is 30.9 Å². The molecule has 0 bridgehead atoms. The highest BCUT2D eigenvalue weighted by molar-refractivity contribution is 5.48. The van der Waals surface area contributed by atoms with Crippen molar-refractivity contribution in [2.24, 2.45) is 0 Å². The van der Waals surface area contributed by atoms with Crippen LogP contribution in [0.25, 0.3) is 5.69 Å². The van der Waals surface area contributed by atoms with Crippen LogP contribution in [0.2, 0.25) is 0 Å². The summed E-state index contributed by atoms with van der Waals surface area (Å²) >= 11 is 0. The van der Waals surface area contributed by atoms with Crippen LogP contribution in [-0.2, 0) is 6.54 Å². The van der Waals surface area contributed by atoms with Gasteiger partial charge in [-0.3, -0.25) is 0 Å². The molecule has 0 aliphatic heterocycles. The number of hydrogen-bond donors (Lipinski definition) is 0. The number of rotatable bonds is 3. The Morgan fingerprint density at radius 1 is 1.22 bits per heavy atom. The minimum atomic E-state index is 0.542. The van der Waals surface area contributed by atoms with E-state index in [0.717, 1.165) is 6.54 Å². The topological polar surface area (TPSA) is 32.6 Å². The SMILES string of the molecule is Cc1cc(C)c(-n2cc[n+](CCC#N)c2)c(C)c1. The summed E-state index contributed by atoms with van der Waals surface area (Å²) in [7, 11) is 0. The zero-order chi connectivity index (χ0) is 13.1. The van der Waals surface area contributed by atoms with Gasteiger partial charge in [0.15, 0.2) is 0 Å². The molecular formula is C15H18N3+. The maximum atomic E-state index is 8.60. The zero-order valence-corrected chi connectivity index (χ0v) is 11.1. The number of benzene rings is 1. The first kappa shape index (κ1) is 12.4. The van der Waals surface area contributed by atoms with E-state index in [1.165, 1.54) is 22.4 Å². The molecule has 3 nitrogen and oxygen atoms in total. The lowest BCUT2D eigenvalue weighted by molar-refractivity contribution is -0.695. The summed E-state index contributed by atoms with van der Waals surface area (Å²) in [6.07, 6.45) is 6.64. The minimum absolute atomic E-state index is 0.542. The largest absolute Gasteiger partial charge is 0.249 e. The van der Waals surface area contributed by atoms with Crippen LogP contribution in [0.4, 0.5) is 0 Å². The third-order valence-electron chi connectivity index (χ3n) is 3.07. The molecule has 2 rings (SSSR count). The standard InChI is InChI=1S/C15H18N3/c1-12-9-13(2)15(14(3)10-12)18-8-7-17(11-18)6-4-5-16/h7-11H,4,6H2,1-3H3/q+1. The summed E-state index contributed by atoms with van der Waals surface area (Å²) < 4.78 is 4.17. The predicted molar refractivity (Wildman–Crippen MR) is 70.4 cm³/mol. The van der Waals surface area contributed by atoms with Gasteiger partial charge in [0.2, 0.25) is 6.33 Å². The first-order chi connectivity index (χ1) is 8.61. The average Bonchev–Trinajstić information content (AvgIpc) is 2.73. The number of aryl methyl sites for hydroxylation is 4. The maximum Gasteiger partial charge on any atom is 0.249 e. The first-order valence-electron chi connectivity index (χ1n) is 6.14. The first-order valence-corrected chi connectivity index (χ1v) is 6.14. The highest BCUT2D eigenvalue weighted by Crippen LogP contribution is 2.20. The lowest BCUT2D eigenvalue weighted by atomic mass is 10.1. The molecule has 0 spiro atoms. The van der Waals surface area contributed by atoms with Gasteiger partial charge in [0.25, 0.3) is 0 Å². The fraction of sp³-hybridized carbons (Fsp3) is 0.333. The Balaban J connectivity index is 2.38. The van der Waals surface area contributed by atoms with Gasteiger partial charge < -0.3 is 0 Å². The van der Waals surface area contributed by atoms with Gasteiger partial charge in [-0.1, -0.05) is 17.7 Å². The Morgan fingerprint density at radius 2 is 1.89 bits per heavy atom. The predicted octanol–water partition coefficient (Wildman–Crippen LogP) is 2.60. The van der Waals surface area contributed by atoms with E-state index < -0.39 is 0 Å². The molecular weight excluding hydrogens is 222 g/mol. The summed E-state index contributed by atoms with van der Waals surface area (Å²) in [5.74, 6) is 0. The van der Waals surface area contributed by atoms with E-state index in [-0.39, 0.29) is 0 Å². The molecule has 1 aromatic carbocycles. The van der Waals surface area contributed by atoms with Gasteiger partial charge in [-0.25, -0.2) is 9.13 Å². The highest BCUT2D eigenvalue weighted by atomic mass is 15.1. The quantitative estimate of drug-likeness (QED) is 0.759. The van der Waals surface area contributed by atoms with E-state index >= 15 is 0 Å². The highest BCUT2D eigenvalue weighted by Gasteiger charge is 2.12. The Kier molecular flexibility index (Phi) is 3.47. The van der Waals surface area contributed by atoms with Crippen molar-refractivity contribution >= 4 is 0 Å². The van der Waals surface area contributed by atoms with E-state index in [0.29, 0.717) is 6.42 Å². The molecule has 3 heteroatoms. The monoisotopic (exact) mass is 240 g/mol. The second-order valence-electron chi connectivity index (χ2n) is 4.71. The number of imidazole rings is 1. The van der Waals surface area contributed by atoms with Crippen molar-refractivity contribution < 1.29 is 4.57 Å². The van der Waals surface area contributed by atoms with E-state index in [1.807, 2.05) is 23.3 Å². The molecule has 1 heterocycles. The fourth-order valence-electron chi connectivity index (χ4n) is 2.42. The molecule has 0 saturated carbocycles. The molecule has 0 amide bonds. The zero-order valence-electron chi connectivity index (χ0n) is 11.1. The number of hydrogen-bond acceptors (Lipinski definition) is 1. The van der Waals surface area contributed by atoms with Crippen molar-refractivity contribution in [2.75, 3.05) is 0 Å². The molecule has 0 N–H and O–H groups in total. The van der Waals surface area contributed by atoms with E-state index in [4.69, 9.17) is 5.26 Å².